The fourth-order valence-corrected chi connectivity index (χ4v) is 8.64. The van der Waals surface area contributed by atoms with Crippen LogP contribution >= 0.6 is 47.8 Å². The van der Waals surface area contributed by atoms with E-state index >= 15 is 0 Å². The van der Waals surface area contributed by atoms with Crippen molar-refractivity contribution in [2.45, 2.75) is 144 Å². The topological polar surface area (TPSA) is 108 Å². The molecule has 0 unspecified atom stereocenters. The van der Waals surface area contributed by atoms with Crippen molar-refractivity contribution in [3.05, 3.63) is 55.5 Å². The zero-order valence-corrected chi connectivity index (χ0v) is 44.3. The van der Waals surface area contributed by atoms with Gasteiger partial charge in [-0.2, -0.15) is 0 Å². The van der Waals surface area contributed by atoms with E-state index in [1.54, 1.807) is 32.6 Å². The van der Waals surface area contributed by atoms with Crippen LogP contribution in [0.3, 0.4) is 0 Å². The molecule has 0 atom stereocenters. The van der Waals surface area contributed by atoms with E-state index < -0.39 is 27.7 Å². The summed E-state index contributed by atoms with van der Waals surface area (Å²) in [5.74, 6) is -0.431. The van der Waals surface area contributed by atoms with Crippen molar-refractivity contribution in [3.63, 3.8) is 0 Å². The minimum absolute atomic E-state index is 0.103. The van der Waals surface area contributed by atoms with Gasteiger partial charge in [0.1, 0.15) is 11.1 Å². The molecule has 2 saturated heterocycles. The van der Waals surface area contributed by atoms with E-state index in [-0.39, 0.29) is 28.9 Å². The number of carbonyl (C=O) groups is 4. The number of anilines is 2. The first-order chi connectivity index (χ1) is 25.7. The minimum atomic E-state index is -1.91. The summed E-state index contributed by atoms with van der Waals surface area (Å²) in [6, 6.07) is 6.75. The predicted octanol–water partition coefficient (Wildman–Crippen LogP) is 11.9. The summed E-state index contributed by atoms with van der Waals surface area (Å²) in [5.41, 5.74) is 3.47. The number of aryl methyl sites for hydroxylation is 4. The van der Waals surface area contributed by atoms with Crippen LogP contribution in [-0.4, -0.2) is 81.6 Å². The first-order valence-electron chi connectivity index (χ1n) is 19.4. The van der Waals surface area contributed by atoms with Crippen LogP contribution in [0, 0.1) is 27.7 Å². The standard InChI is InChI=1S/C21H33BrN2O3Si.C13H15BrN2O2.C8H19BrOSi/c1-14-12-16(13-15(2)17(14)22)24-18(25)21(6,7)23(19(24)26)10-11-27-28(8,9)20(3,4)5;1-7-5-9(6-8(2)10(7)14)16-11(17)13(3,4)15-12(16)18;1-8(2,3)11(4,5)10-7-6-9/h12-13H,10-11H2,1-9H3;5-6H,1-4H3,(H,15,18);6-7H2,1-5H3. The smallest absolute Gasteiger partial charge is 0.332 e. The number of nitrogens with one attached hydrogen (secondary N) is 1. The number of rotatable bonds is 9. The van der Waals surface area contributed by atoms with E-state index in [0.29, 0.717) is 29.6 Å². The number of amides is 6. The fourth-order valence-electron chi connectivity index (χ4n) is 5.64. The average Bonchev–Trinajstić information content (AvgIpc) is 3.37. The van der Waals surface area contributed by atoms with Crippen LogP contribution in [0.2, 0.25) is 36.3 Å². The van der Waals surface area contributed by atoms with Gasteiger partial charge in [0, 0.05) is 27.4 Å². The Morgan fingerprint density at radius 3 is 1.35 bits per heavy atom. The van der Waals surface area contributed by atoms with Gasteiger partial charge < -0.3 is 19.1 Å². The molecule has 2 aliphatic heterocycles. The molecule has 2 heterocycles. The second-order valence-corrected chi connectivity index (χ2v) is 31.0. The lowest BCUT2D eigenvalue weighted by atomic mass is 10.0. The van der Waals surface area contributed by atoms with Crippen molar-refractivity contribution in [1.29, 1.82) is 0 Å². The minimum Gasteiger partial charge on any atom is -0.416 e. The molecule has 0 radical (unpaired) electrons. The van der Waals surface area contributed by atoms with Gasteiger partial charge >= 0.3 is 12.1 Å². The summed E-state index contributed by atoms with van der Waals surface area (Å²) in [6.45, 7) is 38.7. The first kappa shape index (κ1) is 51.3. The molecule has 15 heteroatoms. The van der Waals surface area contributed by atoms with Gasteiger partial charge in [-0.1, -0.05) is 89.3 Å². The van der Waals surface area contributed by atoms with E-state index in [0.717, 1.165) is 43.1 Å². The number of nitrogens with zero attached hydrogens (tertiary/aromatic N) is 3. The number of carbonyl (C=O) groups excluding carboxylic acids is 4. The van der Waals surface area contributed by atoms with Crippen LogP contribution in [0.15, 0.2) is 33.2 Å². The Bertz CT molecular complexity index is 1790. The molecule has 2 aliphatic rings. The fraction of sp³-hybridized carbons (Fsp3) is 0.619. The highest BCUT2D eigenvalue weighted by atomic mass is 79.9. The molecule has 320 valence electrons. The Morgan fingerprint density at radius 2 is 1.02 bits per heavy atom. The maximum atomic E-state index is 13.2. The Labute approximate surface area is 370 Å². The quantitative estimate of drug-likeness (QED) is 0.152. The number of hydrogen-bond acceptors (Lipinski definition) is 6. The van der Waals surface area contributed by atoms with E-state index in [9.17, 15) is 19.2 Å². The zero-order chi connectivity index (χ0) is 44.4. The van der Waals surface area contributed by atoms with Crippen molar-refractivity contribution in [3.8, 4) is 0 Å². The Morgan fingerprint density at radius 1 is 0.649 bits per heavy atom. The van der Waals surface area contributed by atoms with E-state index in [2.05, 4.69) is 121 Å². The molecular weight excluding hydrogens is 952 g/mol. The van der Waals surface area contributed by atoms with Crippen molar-refractivity contribution in [2.75, 3.05) is 34.9 Å². The molecule has 0 bridgehead atoms. The number of imide groups is 2. The van der Waals surface area contributed by atoms with E-state index in [4.69, 9.17) is 8.85 Å². The molecule has 6 amide bonds. The average molecular weight is 1020 g/mol. The number of alkyl halides is 1. The van der Waals surface area contributed by atoms with Crippen molar-refractivity contribution >= 4 is 99.7 Å². The third-order valence-electron chi connectivity index (χ3n) is 11.5. The first-order valence-corrected chi connectivity index (χ1v) is 27.9. The molecule has 0 aromatic heterocycles. The van der Waals surface area contributed by atoms with Gasteiger partial charge in [0.25, 0.3) is 11.8 Å². The van der Waals surface area contributed by atoms with Crippen molar-refractivity contribution in [2.24, 2.45) is 0 Å². The highest BCUT2D eigenvalue weighted by molar-refractivity contribution is 9.11. The lowest BCUT2D eigenvalue weighted by molar-refractivity contribution is -0.123. The Hall–Kier alpha value is -1.89. The highest BCUT2D eigenvalue weighted by Crippen LogP contribution is 2.39. The number of benzene rings is 2. The third kappa shape index (κ3) is 11.9. The third-order valence-corrected chi connectivity index (χ3v) is 23.4. The van der Waals surface area contributed by atoms with Crippen LogP contribution in [0.5, 0.6) is 0 Å². The summed E-state index contributed by atoms with van der Waals surface area (Å²) in [7, 11) is -3.36. The number of hydrogen-bond donors (Lipinski definition) is 1. The normalized spacial score (nSPS) is 17.0. The van der Waals surface area contributed by atoms with Crippen LogP contribution in [0.4, 0.5) is 21.0 Å². The molecule has 1 N–H and O–H groups in total. The molecule has 0 aliphatic carbocycles. The summed E-state index contributed by atoms with van der Waals surface area (Å²) < 4.78 is 14.1. The Kier molecular flexibility index (Phi) is 16.9. The maximum Gasteiger partial charge on any atom is 0.332 e. The largest absolute Gasteiger partial charge is 0.416 e. The lowest BCUT2D eigenvalue weighted by Crippen LogP contribution is -2.48. The SMILES string of the molecule is CC(C)(C)[Si](C)(C)OCCBr.Cc1cc(N2C(=O)N(CCO[Si](C)(C)C(C)(C)C)C(C)(C)C2=O)cc(C)c1Br.Cc1cc(N2C(=O)NC(C)(C)C2=O)cc(C)c1Br. The summed E-state index contributed by atoms with van der Waals surface area (Å²) in [5, 5.41) is 4.06. The molecule has 2 aromatic carbocycles. The molecule has 2 fully saturated rings. The second kappa shape index (κ2) is 18.8. The Balaban J connectivity index is 0.000000330. The van der Waals surface area contributed by atoms with Gasteiger partial charge in [-0.3, -0.25) is 9.59 Å². The van der Waals surface area contributed by atoms with Gasteiger partial charge in [0.05, 0.1) is 18.0 Å². The van der Waals surface area contributed by atoms with Crippen LogP contribution in [0.25, 0.3) is 0 Å². The lowest BCUT2D eigenvalue weighted by Gasteiger charge is -2.37. The van der Waals surface area contributed by atoms with Gasteiger partial charge in [-0.05, 0) is 138 Å². The molecular formula is C42H67Br3N4O6Si2. The molecule has 4 rings (SSSR count). The van der Waals surface area contributed by atoms with Gasteiger partial charge in [0.2, 0.25) is 0 Å². The highest BCUT2D eigenvalue weighted by Gasteiger charge is 2.52. The monoisotopic (exact) mass is 1020 g/mol. The van der Waals surface area contributed by atoms with E-state index in [1.807, 2.05) is 52.0 Å². The summed E-state index contributed by atoms with van der Waals surface area (Å²) >= 11 is 10.4. The van der Waals surface area contributed by atoms with Crippen LogP contribution in [-0.2, 0) is 18.4 Å². The van der Waals surface area contributed by atoms with Crippen molar-refractivity contribution in [1.82, 2.24) is 10.2 Å². The van der Waals surface area contributed by atoms with Gasteiger partial charge in [-0.15, -0.1) is 0 Å². The molecule has 10 nitrogen and oxygen atoms in total. The summed E-state index contributed by atoms with van der Waals surface area (Å²) in [6.07, 6.45) is 0. The predicted molar refractivity (Wildman–Crippen MR) is 251 cm³/mol. The van der Waals surface area contributed by atoms with Crippen LogP contribution < -0.4 is 15.1 Å². The maximum absolute atomic E-state index is 13.2. The van der Waals surface area contributed by atoms with E-state index in [1.165, 1.54) is 9.80 Å². The molecule has 0 spiro atoms. The van der Waals surface area contributed by atoms with Crippen LogP contribution in [0.1, 0.15) is 91.5 Å². The number of halogens is 3. The van der Waals surface area contributed by atoms with Gasteiger partial charge in [0.15, 0.2) is 16.6 Å². The molecule has 0 saturated carbocycles. The number of urea groups is 2. The summed E-state index contributed by atoms with van der Waals surface area (Å²) in [4.78, 5) is 54.5. The molecule has 2 aromatic rings. The van der Waals surface area contributed by atoms with Crippen molar-refractivity contribution < 1.29 is 28.0 Å². The molecule has 57 heavy (non-hydrogen) atoms. The second-order valence-electron chi connectivity index (χ2n) is 19.0. The zero-order valence-electron chi connectivity index (χ0n) is 37.6. The van der Waals surface area contributed by atoms with Gasteiger partial charge in [-0.25, -0.2) is 19.4 Å².